The highest BCUT2D eigenvalue weighted by atomic mass is 16.1. The number of carbonyl (C=O) groups is 1. The molecule has 1 aliphatic heterocycles. The molecule has 36 heavy (non-hydrogen) atoms. The molecular formula is C32H25N3O. The van der Waals surface area contributed by atoms with E-state index >= 15 is 0 Å². The minimum Gasteiger partial charge on any atom is -0.366 e. The van der Waals surface area contributed by atoms with Crippen molar-refractivity contribution in [3.63, 3.8) is 0 Å². The molecule has 174 valence electrons. The van der Waals surface area contributed by atoms with Crippen molar-refractivity contribution in [3.05, 3.63) is 150 Å². The van der Waals surface area contributed by atoms with Gasteiger partial charge in [0.1, 0.15) is 0 Å². The van der Waals surface area contributed by atoms with Gasteiger partial charge in [0, 0.05) is 23.5 Å². The summed E-state index contributed by atoms with van der Waals surface area (Å²) in [6.07, 6.45) is 3.73. The summed E-state index contributed by atoms with van der Waals surface area (Å²) in [6, 6.07) is 40.1. The maximum absolute atomic E-state index is 14.5. The average Bonchev–Trinajstić information content (AvgIpc) is 3.61. The van der Waals surface area contributed by atoms with Crippen molar-refractivity contribution in [2.45, 2.75) is 6.04 Å². The Morgan fingerprint density at radius 2 is 1.22 bits per heavy atom. The van der Waals surface area contributed by atoms with Crippen LogP contribution in [0.15, 0.2) is 139 Å². The SMILES string of the molecule is O=C(c1c[nH]cc1-c1ccccc1)C1C(c2ccccc2)=NN(c2ccccc2)C1c1ccccc1. The number of carbonyl (C=O) groups excluding carboxylic acids is 1. The van der Waals surface area contributed by atoms with Gasteiger partial charge in [-0.25, -0.2) is 0 Å². The van der Waals surface area contributed by atoms with Crippen LogP contribution < -0.4 is 5.01 Å². The molecule has 0 saturated carbocycles. The van der Waals surface area contributed by atoms with Crippen molar-refractivity contribution >= 4 is 17.2 Å². The van der Waals surface area contributed by atoms with Gasteiger partial charge in [0.15, 0.2) is 5.78 Å². The Labute approximate surface area is 210 Å². The topological polar surface area (TPSA) is 48.5 Å². The van der Waals surface area contributed by atoms with Gasteiger partial charge in [0.05, 0.1) is 23.4 Å². The number of benzene rings is 4. The first-order valence-electron chi connectivity index (χ1n) is 12.1. The fraction of sp³-hybridized carbons (Fsp3) is 0.0625. The van der Waals surface area contributed by atoms with E-state index in [-0.39, 0.29) is 11.8 Å². The third-order valence-corrected chi connectivity index (χ3v) is 6.70. The normalized spacial score (nSPS) is 17.1. The lowest BCUT2D eigenvalue weighted by Crippen LogP contribution is -2.32. The number of aromatic amines is 1. The van der Waals surface area contributed by atoms with Gasteiger partial charge in [-0.2, -0.15) is 5.10 Å². The first-order chi connectivity index (χ1) is 17.8. The summed E-state index contributed by atoms with van der Waals surface area (Å²) >= 11 is 0. The van der Waals surface area contributed by atoms with E-state index < -0.39 is 5.92 Å². The standard InChI is InChI=1S/C32H25N3O/c36-32(28-22-33-21-27(28)23-13-5-1-6-14-23)29-30(24-15-7-2-8-16-24)34-35(26-19-11-4-12-20-26)31(29)25-17-9-3-10-18-25/h1-22,29,31,33H. The van der Waals surface area contributed by atoms with Crippen LogP contribution in [0, 0.1) is 5.92 Å². The van der Waals surface area contributed by atoms with E-state index in [9.17, 15) is 4.79 Å². The molecular weight excluding hydrogens is 442 g/mol. The van der Waals surface area contributed by atoms with Gasteiger partial charge in [0.25, 0.3) is 0 Å². The number of H-pyrrole nitrogens is 1. The fourth-order valence-corrected chi connectivity index (χ4v) is 5.02. The molecule has 1 aliphatic rings. The van der Waals surface area contributed by atoms with Gasteiger partial charge in [-0.15, -0.1) is 0 Å². The summed E-state index contributed by atoms with van der Waals surface area (Å²) in [5, 5.41) is 7.13. The Hall–Kier alpha value is -4.70. The molecule has 1 aromatic heterocycles. The molecule has 0 bridgehead atoms. The number of rotatable bonds is 6. The number of nitrogens with one attached hydrogen (secondary N) is 1. The lowest BCUT2D eigenvalue weighted by atomic mass is 9.81. The summed E-state index contributed by atoms with van der Waals surface area (Å²) in [5.74, 6) is -0.446. The molecule has 1 N–H and O–H groups in total. The third kappa shape index (κ3) is 3.93. The zero-order valence-electron chi connectivity index (χ0n) is 19.7. The molecule has 5 aromatic rings. The lowest BCUT2D eigenvalue weighted by molar-refractivity contribution is 0.0945. The summed E-state index contributed by atoms with van der Waals surface area (Å²) in [7, 11) is 0. The zero-order valence-corrected chi connectivity index (χ0v) is 19.7. The number of ketones is 1. The Bertz CT molecular complexity index is 1490. The Balaban J connectivity index is 1.53. The Morgan fingerprint density at radius 3 is 1.86 bits per heavy atom. The number of aromatic nitrogens is 1. The molecule has 0 amide bonds. The largest absolute Gasteiger partial charge is 0.366 e. The zero-order chi connectivity index (χ0) is 24.3. The first kappa shape index (κ1) is 21.8. The van der Waals surface area contributed by atoms with Crippen LogP contribution >= 0.6 is 0 Å². The molecule has 0 fully saturated rings. The molecule has 0 spiro atoms. The van der Waals surface area contributed by atoms with Crippen LogP contribution in [0.2, 0.25) is 0 Å². The van der Waals surface area contributed by atoms with Crippen molar-refractivity contribution in [1.82, 2.24) is 4.98 Å². The van der Waals surface area contributed by atoms with Gasteiger partial charge in [-0.05, 0) is 28.8 Å². The number of Topliss-reactive ketones (excluding diaryl/α,β-unsaturated/α-hetero) is 1. The van der Waals surface area contributed by atoms with Gasteiger partial charge >= 0.3 is 0 Å². The monoisotopic (exact) mass is 467 g/mol. The molecule has 6 rings (SSSR count). The van der Waals surface area contributed by atoms with E-state index in [2.05, 4.69) is 17.1 Å². The number of hydrogen-bond acceptors (Lipinski definition) is 3. The number of para-hydroxylation sites is 1. The molecule has 0 aliphatic carbocycles. The van der Waals surface area contributed by atoms with E-state index in [4.69, 9.17) is 5.10 Å². The van der Waals surface area contributed by atoms with Crippen LogP contribution in [-0.2, 0) is 0 Å². The van der Waals surface area contributed by atoms with Crippen LogP contribution in [0.5, 0.6) is 0 Å². The minimum absolute atomic E-state index is 0.0463. The lowest BCUT2D eigenvalue weighted by Gasteiger charge is -2.28. The minimum atomic E-state index is -0.492. The maximum Gasteiger partial charge on any atom is 0.176 e. The third-order valence-electron chi connectivity index (χ3n) is 6.70. The highest BCUT2D eigenvalue weighted by Crippen LogP contribution is 2.43. The van der Waals surface area contributed by atoms with E-state index in [1.807, 2.05) is 127 Å². The first-order valence-corrected chi connectivity index (χ1v) is 12.1. The highest BCUT2D eigenvalue weighted by molar-refractivity contribution is 6.22. The number of nitrogens with zero attached hydrogens (tertiary/aromatic N) is 2. The second-order valence-electron chi connectivity index (χ2n) is 8.88. The summed E-state index contributed by atoms with van der Waals surface area (Å²) in [6.45, 7) is 0. The molecule has 0 saturated heterocycles. The molecule has 4 aromatic carbocycles. The van der Waals surface area contributed by atoms with E-state index in [0.29, 0.717) is 5.56 Å². The van der Waals surface area contributed by atoms with Crippen LogP contribution in [0.25, 0.3) is 11.1 Å². The van der Waals surface area contributed by atoms with Crippen LogP contribution in [0.1, 0.15) is 27.5 Å². The average molecular weight is 468 g/mol. The van der Waals surface area contributed by atoms with E-state index in [1.165, 1.54) is 0 Å². The number of hydrazone groups is 1. The molecule has 0 radical (unpaired) electrons. The molecule has 4 nitrogen and oxygen atoms in total. The fourth-order valence-electron chi connectivity index (χ4n) is 5.02. The summed E-state index contributed by atoms with van der Waals surface area (Å²) < 4.78 is 0. The molecule has 4 heteroatoms. The van der Waals surface area contributed by atoms with Crippen LogP contribution in [0.4, 0.5) is 5.69 Å². The van der Waals surface area contributed by atoms with Crippen molar-refractivity contribution < 1.29 is 4.79 Å². The summed E-state index contributed by atoms with van der Waals surface area (Å²) in [5.41, 5.74) is 6.31. The quantitative estimate of drug-likeness (QED) is 0.270. The molecule has 2 unspecified atom stereocenters. The highest BCUT2D eigenvalue weighted by Gasteiger charge is 2.44. The van der Waals surface area contributed by atoms with Gasteiger partial charge in [-0.1, -0.05) is 109 Å². The Kier molecular flexibility index (Phi) is 5.76. The second-order valence-corrected chi connectivity index (χ2v) is 8.88. The molecule has 2 heterocycles. The van der Waals surface area contributed by atoms with Crippen molar-refractivity contribution in [2.24, 2.45) is 11.0 Å². The number of hydrogen-bond donors (Lipinski definition) is 1. The van der Waals surface area contributed by atoms with Crippen molar-refractivity contribution in [3.8, 4) is 11.1 Å². The van der Waals surface area contributed by atoms with Gasteiger partial charge in [0.2, 0.25) is 0 Å². The number of anilines is 1. The predicted molar refractivity (Wildman–Crippen MR) is 145 cm³/mol. The van der Waals surface area contributed by atoms with Crippen molar-refractivity contribution in [2.75, 3.05) is 5.01 Å². The van der Waals surface area contributed by atoms with Crippen molar-refractivity contribution in [1.29, 1.82) is 0 Å². The van der Waals surface area contributed by atoms with Crippen LogP contribution in [0.3, 0.4) is 0 Å². The van der Waals surface area contributed by atoms with Crippen LogP contribution in [-0.4, -0.2) is 16.5 Å². The van der Waals surface area contributed by atoms with E-state index in [1.54, 1.807) is 0 Å². The maximum atomic E-state index is 14.5. The second kappa shape index (κ2) is 9.51. The Morgan fingerprint density at radius 1 is 0.667 bits per heavy atom. The molecule has 2 atom stereocenters. The predicted octanol–water partition coefficient (Wildman–Crippen LogP) is 7.15. The smallest absolute Gasteiger partial charge is 0.176 e. The summed E-state index contributed by atoms with van der Waals surface area (Å²) in [4.78, 5) is 17.7. The van der Waals surface area contributed by atoms with E-state index in [0.717, 1.165) is 33.7 Å². The van der Waals surface area contributed by atoms with Gasteiger partial charge in [-0.3, -0.25) is 9.80 Å². The van der Waals surface area contributed by atoms with Gasteiger partial charge < -0.3 is 4.98 Å².